The van der Waals surface area contributed by atoms with Crippen molar-refractivity contribution in [1.82, 2.24) is 4.90 Å². The average Bonchev–Trinajstić information content (AvgIpc) is 2.88. The number of anilines is 1. The number of halogens is 9. The van der Waals surface area contributed by atoms with Crippen LogP contribution in [0.25, 0.3) is 0 Å². The summed E-state index contributed by atoms with van der Waals surface area (Å²) < 4.78 is 138. The number of amides is 2. The van der Waals surface area contributed by atoms with Crippen LogP contribution in [-0.2, 0) is 39.3 Å². The van der Waals surface area contributed by atoms with Gasteiger partial charge in [-0.2, -0.15) is 39.5 Å². The second-order valence-electron chi connectivity index (χ2n) is 9.95. The summed E-state index contributed by atoms with van der Waals surface area (Å²) in [5.41, 5.74) is -5.49. The third kappa shape index (κ3) is 7.83. The zero-order chi connectivity index (χ0) is 32.5. The maximum absolute atomic E-state index is 13.8. The molecule has 0 aliphatic carbocycles. The number of fused-ring (bicyclic) bond motifs is 1. The lowest BCUT2D eigenvalue weighted by Gasteiger charge is -2.43. The number of benzene rings is 2. The van der Waals surface area contributed by atoms with Crippen LogP contribution < -0.4 is 4.90 Å². The van der Waals surface area contributed by atoms with E-state index in [-0.39, 0.29) is 30.3 Å². The van der Waals surface area contributed by atoms with Crippen molar-refractivity contribution in [3.8, 4) is 0 Å². The van der Waals surface area contributed by atoms with Crippen molar-refractivity contribution in [2.45, 2.75) is 63.5 Å². The number of hydrogen-bond acceptors (Lipinski definition) is 5. The van der Waals surface area contributed by atoms with Gasteiger partial charge >= 0.3 is 30.7 Å². The minimum Gasteiger partial charge on any atom is -0.453 e. The Hall–Kier alpha value is -3.69. The Bertz CT molecular complexity index is 1290. The first kappa shape index (κ1) is 33.8. The molecule has 0 N–H and O–H groups in total. The van der Waals surface area contributed by atoms with Gasteiger partial charge in [-0.1, -0.05) is 0 Å². The first-order chi connectivity index (χ1) is 19.8. The third-order valence-corrected chi connectivity index (χ3v) is 6.51. The fourth-order valence-corrected chi connectivity index (χ4v) is 4.77. The van der Waals surface area contributed by atoms with Crippen molar-refractivity contribution in [3.05, 3.63) is 64.2 Å². The number of carbonyl (C=O) groups excluding carboxylic acids is 2. The van der Waals surface area contributed by atoms with Crippen LogP contribution in [0.1, 0.15) is 54.1 Å². The van der Waals surface area contributed by atoms with Crippen LogP contribution in [0.4, 0.5) is 54.8 Å². The van der Waals surface area contributed by atoms with Gasteiger partial charge in [0.2, 0.25) is 0 Å². The van der Waals surface area contributed by atoms with Crippen molar-refractivity contribution in [1.29, 1.82) is 0 Å². The first-order valence-corrected chi connectivity index (χ1v) is 12.6. The van der Waals surface area contributed by atoms with Crippen LogP contribution in [-0.4, -0.2) is 50.1 Å². The Morgan fingerprint density at radius 1 is 0.884 bits per heavy atom. The molecule has 1 heterocycles. The molecule has 2 aromatic rings. The SMILES string of the molecule is COC[C@@H]1C[C@H](N(Cc2cc(C(F)(F)F)cc(C(F)(F)F)c2)C(=O)OC)c2cc(C(F)(F)F)ccc2N1C(=O)OC(C)C. The van der Waals surface area contributed by atoms with E-state index in [0.29, 0.717) is 29.2 Å². The van der Waals surface area contributed by atoms with Crippen LogP contribution in [0.15, 0.2) is 36.4 Å². The van der Waals surface area contributed by atoms with E-state index in [9.17, 15) is 49.1 Å². The van der Waals surface area contributed by atoms with Crippen molar-refractivity contribution < 1.29 is 63.3 Å². The Morgan fingerprint density at radius 3 is 1.91 bits per heavy atom. The molecule has 0 saturated heterocycles. The molecule has 3 rings (SSSR count). The minimum absolute atomic E-state index is 0.0929. The minimum atomic E-state index is -5.19. The fourth-order valence-electron chi connectivity index (χ4n) is 4.77. The van der Waals surface area contributed by atoms with E-state index in [1.807, 2.05) is 0 Å². The van der Waals surface area contributed by atoms with Crippen LogP contribution in [0.3, 0.4) is 0 Å². The van der Waals surface area contributed by atoms with E-state index in [2.05, 4.69) is 0 Å². The molecule has 238 valence electrons. The lowest BCUT2D eigenvalue weighted by Crippen LogP contribution is -2.51. The van der Waals surface area contributed by atoms with E-state index in [1.165, 1.54) is 21.0 Å². The Labute approximate surface area is 240 Å². The summed E-state index contributed by atoms with van der Waals surface area (Å²) >= 11 is 0. The van der Waals surface area contributed by atoms with Crippen molar-refractivity contribution in [3.63, 3.8) is 0 Å². The second kappa shape index (κ2) is 12.5. The number of nitrogens with zero attached hydrogens (tertiary/aromatic N) is 2. The summed E-state index contributed by atoms with van der Waals surface area (Å²) in [6, 6.07) is 0.621. The molecule has 0 bridgehead atoms. The summed E-state index contributed by atoms with van der Waals surface area (Å²) in [4.78, 5) is 27.8. The summed E-state index contributed by atoms with van der Waals surface area (Å²) in [5.74, 6) is 0. The third-order valence-electron chi connectivity index (χ3n) is 6.51. The molecule has 0 spiro atoms. The molecule has 16 heteroatoms. The summed E-state index contributed by atoms with van der Waals surface area (Å²) in [5, 5.41) is 0. The molecule has 0 fully saturated rings. The summed E-state index contributed by atoms with van der Waals surface area (Å²) in [6.07, 6.45) is -18.4. The number of carbonyl (C=O) groups is 2. The molecule has 0 radical (unpaired) electrons. The molecule has 7 nitrogen and oxygen atoms in total. The predicted molar refractivity (Wildman–Crippen MR) is 133 cm³/mol. The number of rotatable bonds is 6. The molecule has 0 aromatic heterocycles. The number of hydrogen-bond donors (Lipinski definition) is 0. The largest absolute Gasteiger partial charge is 0.453 e. The van der Waals surface area contributed by atoms with Crippen LogP contribution in [0.5, 0.6) is 0 Å². The molecular formula is C27H27F9N2O5. The standard InChI is InChI=1S/C27H27F9N2O5/c1-14(2)43-24(40)38-19(13-41-3)11-22(20-10-16(25(28,29)30)5-6-21(20)38)37(23(39)42-4)12-15-7-17(26(31,32)33)9-18(8-15)27(34,35)36/h5-10,14,19,22H,11-13H2,1-4H3/t19-,22-/m0/s1. The monoisotopic (exact) mass is 630 g/mol. The maximum atomic E-state index is 13.8. The highest BCUT2D eigenvalue weighted by molar-refractivity contribution is 5.91. The molecule has 1 aliphatic rings. The molecule has 2 aromatic carbocycles. The van der Waals surface area contributed by atoms with Gasteiger partial charge in [-0.05, 0) is 67.8 Å². The molecular weight excluding hydrogens is 603 g/mol. The maximum Gasteiger partial charge on any atom is 0.416 e. The molecule has 2 amide bonds. The van der Waals surface area contributed by atoms with Gasteiger partial charge in [0, 0.05) is 13.7 Å². The predicted octanol–water partition coefficient (Wildman–Crippen LogP) is 7.82. The Kier molecular flexibility index (Phi) is 9.83. The van der Waals surface area contributed by atoms with Gasteiger partial charge in [0.1, 0.15) is 0 Å². The highest BCUT2D eigenvalue weighted by Gasteiger charge is 2.44. The van der Waals surface area contributed by atoms with Gasteiger partial charge in [-0.25, -0.2) is 9.59 Å². The molecule has 43 heavy (non-hydrogen) atoms. The van der Waals surface area contributed by atoms with Gasteiger partial charge < -0.3 is 14.2 Å². The first-order valence-electron chi connectivity index (χ1n) is 12.6. The summed E-state index contributed by atoms with van der Waals surface area (Å²) in [7, 11) is 2.15. The van der Waals surface area contributed by atoms with Gasteiger partial charge in [0.25, 0.3) is 0 Å². The van der Waals surface area contributed by atoms with E-state index in [1.54, 1.807) is 0 Å². The van der Waals surface area contributed by atoms with Crippen LogP contribution in [0, 0.1) is 0 Å². The second-order valence-corrected chi connectivity index (χ2v) is 9.95. The molecule has 1 aliphatic heterocycles. The van der Waals surface area contributed by atoms with Gasteiger partial charge in [0.15, 0.2) is 0 Å². The highest BCUT2D eigenvalue weighted by Crippen LogP contribution is 2.45. The zero-order valence-electron chi connectivity index (χ0n) is 23.2. The van der Waals surface area contributed by atoms with Gasteiger partial charge in [-0.3, -0.25) is 9.80 Å². The number of ether oxygens (including phenoxy) is 3. The van der Waals surface area contributed by atoms with Crippen LogP contribution in [0.2, 0.25) is 0 Å². The number of methoxy groups -OCH3 is 2. The lowest BCUT2D eigenvalue weighted by atomic mass is 9.88. The van der Waals surface area contributed by atoms with E-state index >= 15 is 0 Å². The fraction of sp³-hybridized carbons (Fsp3) is 0.481. The van der Waals surface area contributed by atoms with Crippen LogP contribution >= 0.6 is 0 Å². The van der Waals surface area contributed by atoms with E-state index in [4.69, 9.17) is 14.2 Å². The van der Waals surface area contributed by atoms with Crippen molar-refractivity contribution >= 4 is 17.9 Å². The molecule has 0 saturated carbocycles. The van der Waals surface area contributed by atoms with E-state index in [0.717, 1.165) is 18.1 Å². The van der Waals surface area contributed by atoms with Crippen molar-refractivity contribution in [2.75, 3.05) is 25.7 Å². The van der Waals surface area contributed by atoms with Gasteiger partial charge in [-0.15, -0.1) is 0 Å². The average molecular weight is 631 g/mol. The molecule has 0 unspecified atom stereocenters. The zero-order valence-corrected chi connectivity index (χ0v) is 23.2. The Morgan fingerprint density at radius 2 is 1.44 bits per heavy atom. The lowest BCUT2D eigenvalue weighted by molar-refractivity contribution is -0.143. The normalized spacial score (nSPS) is 17.5. The van der Waals surface area contributed by atoms with E-state index < -0.39 is 77.7 Å². The number of alkyl halides is 9. The Balaban J connectivity index is 2.25. The topological polar surface area (TPSA) is 68.3 Å². The highest BCUT2D eigenvalue weighted by atomic mass is 19.4. The smallest absolute Gasteiger partial charge is 0.416 e. The van der Waals surface area contributed by atoms with Crippen molar-refractivity contribution in [2.24, 2.45) is 0 Å². The summed E-state index contributed by atoms with van der Waals surface area (Å²) in [6.45, 7) is 1.93. The quantitative estimate of drug-likeness (QED) is 0.305. The molecule has 2 atom stereocenters. The van der Waals surface area contributed by atoms with Gasteiger partial charge in [0.05, 0.1) is 54.3 Å².